The van der Waals surface area contributed by atoms with E-state index in [1.165, 1.54) is 0 Å². The molecule has 1 aromatic rings. The molecule has 25 heavy (non-hydrogen) atoms. The van der Waals surface area contributed by atoms with Gasteiger partial charge in [-0.15, -0.1) is 0 Å². The molecule has 1 rings (SSSR count). The van der Waals surface area contributed by atoms with Gasteiger partial charge in [0.25, 0.3) is 5.91 Å². The van der Waals surface area contributed by atoms with E-state index in [1.807, 2.05) is 5.32 Å². The predicted octanol–water partition coefficient (Wildman–Crippen LogP) is 3.31. The van der Waals surface area contributed by atoms with Gasteiger partial charge in [-0.05, 0) is 25.1 Å². The van der Waals surface area contributed by atoms with Gasteiger partial charge in [-0.2, -0.15) is 31.6 Å². The van der Waals surface area contributed by atoms with Crippen molar-refractivity contribution in [1.82, 2.24) is 5.32 Å². The average molecular weight is 370 g/mol. The fraction of sp³-hybridized carbons (Fsp3) is 0.429. The van der Waals surface area contributed by atoms with Crippen LogP contribution in [0.4, 0.5) is 26.3 Å². The second-order valence-corrected chi connectivity index (χ2v) is 4.64. The maximum absolute atomic E-state index is 12.7. The number of rotatable bonds is 6. The summed E-state index contributed by atoms with van der Waals surface area (Å²) >= 11 is 0. The fourth-order valence-corrected chi connectivity index (χ4v) is 1.64. The normalized spacial score (nSPS) is 13.2. The number of halogens is 6. The molecular formula is C14H12F6N2O3. The van der Waals surface area contributed by atoms with Crippen molar-refractivity contribution in [3.8, 4) is 6.07 Å². The number of nitrogens with zero attached hydrogens (tertiary/aromatic N) is 1. The lowest BCUT2D eigenvalue weighted by Crippen LogP contribution is -2.37. The molecule has 0 aliphatic carbocycles. The standard InChI is InChI=1S/C14H12F6N2O3/c1-2-24-25-7-11(6-21)22-12(23)8-3-9(13(15,16)17)5-10(4-8)14(18,19)20/h3-5,11H,2,7H2,1H3,(H,22,23). The van der Waals surface area contributed by atoms with Crippen molar-refractivity contribution < 1.29 is 40.9 Å². The number of nitriles is 1. The van der Waals surface area contributed by atoms with Crippen molar-refractivity contribution in [3.63, 3.8) is 0 Å². The van der Waals surface area contributed by atoms with E-state index in [0.29, 0.717) is 0 Å². The van der Waals surface area contributed by atoms with Crippen LogP contribution in [-0.2, 0) is 22.1 Å². The van der Waals surface area contributed by atoms with Crippen molar-refractivity contribution in [2.24, 2.45) is 0 Å². The lowest BCUT2D eigenvalue weighted by Gasteiger charge is -2.15. The summed E-state index contributed by atoms with van der Waals surface area (Å²) in [6, 6.07) is 0.671. The highest BCUT2D eigenvalue weighted by Crippen LogP contribution is 2.36. The number of hydrogen-bond acceptors (Lipinski definition) is 4. The molecule has 0 spiro atoms. The average Bonchev–Trinajstić information content (AvgIpc) is 2.51. The van der Waals surface area contributed by atoms with Gasteiger partial charge in [-0.1, -0.05) is 0 Å². The molecule has 1 N–H and O–H groups in total. The predicted molar refractivity (Wildman–Crippen MR) is 70.9 cm³/mol. The van der Waals surface area contributed by atoms with Gasteiger partial charge in [0.2, 0.25) is 0 Å². The first kappa shape index (κ1) is 20.7. The molecule has 0 aromatic heterocycles. The third-order valence-corrected chi connectivity index (χ3v) is 2.75. The van der Waals surface area contributed by atoms with Gasteiger partial charge in [-0.3, -0.25) is 4.79 Å². The first-order valence-corrected chi connectivity index (χ1v) is 6.73. The second kappa shape index (κ2) is 8.17. The molecule has 0 fully saturated rings. The topological polar surface area (TPSA) is 71.3 Å². The molecule has 138 valence electrons. The molecule has 1 aromatic carbocycles. The lowest BCUT2D eigenvalue weighted by molar-refractivity contribution is -0.292. The number of hydrogen-bond donors (Lipinski definition) is 1. The van der Waals surface area contributed by atoms with E-state index in [9.17, 15) is 31.1 Å². The summed E-state index contributed by atoms with van der Waals surface area (Å²) in [6.45, 7) is 1.25. The Balaban J connectivity index is 3.10. The van der Waals surface area contributed by atoms with Gasteiger partial charge in [0.05, 0.1) is 23.8 Å². The second-order valence-electron chi connectivity index (χ2n) is 4.64. The zero-order valence-corrected chi connectivity index (χ0v) is 12.7. The monoisotopic (exact) mass is 370 g/mol. The molecule has 0 aliphatic rings. The van der Waals surface area contributed by atoms with Crippen LogP contribution in [-0.4, -0.2) is 25.2 Å². The Morgan fingerprint density at radius 2 is 1.64 bits per heavy atom. The highest BCUT2D eigenvalue weighted by molar-refractivity contribution is 5.95. The van der Waals surface area contributed by atoms with E-state index in [1.54, 1.807) is 13.0 Å². The van der Waals surface area contributed by atoms with Gasteiger partial charge >= 0.3 is 12.4 Å². The van der Waals surface area contributed by atoms with Crippen molar-refractivity contribution in [2.45, 2.75) is 25.3 Å². The van der Waals surface area contributed by atoms with Crippen molar-refractivity contribution in [3.05, 3.63) is 34.9 Å². The number of carbonyl (C=O) groups is 1. The Labute approximate surface area is 138 Å². The van der Waals surface area contributed by atoms with Crippen LogP contribution in [0.5, 0.6) is 0 Å². The fourth-order valence-electron chi connectivity index (χ4n) is 1.64. The molecule has 1 amide bonds. The van der Waals surface area contributed by atoms with E-state index in [0.717, 1.165) is 0 Å². The van der Waals surface area contributed by atoms with Crippen LogP contribution >= 0.6 is 0 Å². The molecule has 0 bridgehead atoms. The molecule has 0 aliphatic heterocycles. The van der Waals surface area contributed by atoms with Crippen molar-refractivity contribution >= 4 is 5.91 Å². The third kappa shape index (κ3) is 6.24. The molecule has 0 heterocycles. The Hall–Kier alpha value is -2.32. The minimum Gasteiger partial charge on any atom is -0.334 e. The van der Waals surface area contributed by atoms with Gasteiger partial charge in [0.15, 0.2) is 0 Å². The third-order valence-electron chi connectivity index (χ3n) is 2.75. The van der Waals surface area contributed by atoms with Crippen LogP contribution in [0.2, 0.25) is 0 Å². The minimum absolute atomic E-state index is 0.100. The van der Waals surface area contributed by atoms with E-state index >= 15 is 0 Å². The smallest absolute Gasteiger partial charge is 0.334 e. The summed E-state index contributed by atoms with van der Waals surface area (Å²) in [6.07, 6.45) is -10.2. The van der Waals surface area contributed by atoms with E-state index < -0.39 is 47.6 Å². The van der Waals surface area contributed by atoms with E-state index in [2.05, 4.69) is 9.78 Å². The maximum atomic E-state index is 12.7. The molecule has 1 unspecified atom stereocenters. The number of alkyl halides is 6. The number of amides is 1. The molecule has 5 nitrogen and oxygen atoms in total. The number of nitrogens with one attached hydrogen (secondary N) is 1. The Morgan fingerprint density at radius 3 is 2.04 bits per heavy atom. The summed E-state index contributed by atoms with van der Waals surface area (Å²) in [7, 11) is 0. The van der Waals surface area contributed by atoms with Gasteiger partial charge in [0, 0.05) is 5.56 Å². The highest BCUT2D eigenvalue weighted by atomic mass is 19.4. The Morgan fingerprint density at radius 1 is 1.12 bits per heavy atom. The van der Waals surface area contributed by atoms with Crippen molar-refractivity contribution in [1.29, 1.82) is 5.26 Å². The molecule has 0 saturated heterocycles. The van der Waals surface area contributed by atoms with Crippen LogP contribution in [0.15, 0.2) is 18.2 Å². The molecule has 0 radical (unpaired) electrons. The minimum atomic E-state index is -5.08. The zero-order valence-electron chi connectivity index (χ0n) is 12.7. The van der Waals surface area contributed by atoms with Gasteiger partial charge < -0.3 is 5.32 Å². The Bertz CT molecular complexity index is 619. The van der Waals surface area contributed by atoms with Crippen LogP contribution in [0, 0.1) is 11.3 Å². The van der Waals surface area contributed by atoms with Gasteiger partial charge in [0.1, 0.15) is 12.6 Å². The number of benzene rings is 1. The summed E-state index contributed by atoms with van der Waals surface area (Å²) in [5.74, 6) is -1.29. The largest absolute Gasteiger partial charge is 0.416 e. The summed E-state index contributed by atoms with van der Waals surface area (Å²) in [5, 5.41) is 10.8. The Kier molecular flexibility index (Phi) is 6.78. The highest BCUT2D eigenvalue weighted by Gasteiger charge is 2.37. The summed E-state index contributed by atoms with van der Waals surface area (Å²) < 4.78 is 76.5. The molecule has 11 heteroatoms. The van der Waals surface area contributed by atoms with E-state index in [4.69, 9.17) is 5.26 Å². The zero-order chi connectivity index (χ0) is 19.3. The summed E-state index contributed by atoms with van der Waals surface area (Å²) in [4.78, 5) is 20.9. The maximum Gasteiger partial charge on any atom is 0.416 e. The quantitative estimate of drug-likeness (QED) is 0.361. The molecule has 0 saturated carbocycles. The van der Waals surface area contributed by atoms with Crippen LogP contribution in [0.25, 0.3) is 0 Å². The lowest BCUT2D eigenvalue weighted by atomic mass is 10.0. The van der Waals surface area contributed by atoms with Crippen molar-refractivity contribution in [2.75, 3.05) is 13.2 Å². The summed E-state index contributed by atoms with van der Waals surface area (Å²) in [5.41, 5.74) is -4.16. The van der Waals surface area contributed by atoms with Crippen LogP contribution in [0.1, 0.15) is 28.4 Å². The molecular weight excluding hydrogens is 358 g/mol. The number of carbonyl (C=O) groups excluding carboxylic acids is 1. The van der Waals surface area contributed by atoms with Crippen LogP contribution < -0.4 is 5.32 Å². The van der Waals surface area contributed by atoms with Crippen LogP contribution in [0.3, 0.4) is 0 Å². The first-order valence-electron chi connectivity index (χ1n) is 6.73. The van der Waals surface area contributed by atoms with Gasteiger partial charge in [-0.25, -0.2) is 9.78 Å². The first-order chi connectivity index (χ1) is 11.5. The van der Waals surface area contributed by atoms with E-state index in [-0.39, 0.29) is 24.8 Å². The SMILES string of the molecule is CCOOCC(C#N)NC(=O)c1cc(C(F)(F)F)cc(C(F)(F)F)c1. The molecule has 1 atom stereocenters.